The fourth-order valence-electron chi connectivity index (χ4n) is 2.08. The number of piperazine rings is 1. The maximum Gasteiger partial charge on any atom is 0.389 e. The normalized spacial score (nSPS) is 20.6. The summed E-state index contributed by atoms with van der Waals surface area (Å²) in [5, 5.41) is 2.60. The van der Waals surface area contributed by atoms with E-state index in [4.69, 9.17) is 0 Å². The van der Waals surface area contributed by atoms with Crippen LogP contribution in [0.1, 0.15) is 39.0 Å². The molecule has 1 aliphatic heterocycles. The van der Waals surface area contributed by atoms with E-state index in [0.717, 1.165) is 6.42 Å². The van der Waals surface area contributed by atoms with Gasteiger partial charge in [0.25, 0.3) is 0 Å². The highest BCUT2D eigenvalue weighted by molar-refractivity contribution is 5.94. The van der Waals surface area contributed by atoms with Gasteiger partial charge in [-0.25, -0.2) is 0 Å². The third-order valence-electron chi connectivity index (χ3n) is 3.00. The Morgan fingerprint density at radius 2 is 2.00 bits per heavy atom. The predicted octanol–water partition coefficient (Wildman–Crippen LogP) is 1.85. The number of unbranched alkanes of at least 4 members (excludes halogenated alkanes) is 1. The van der Waals surface area contributed by atoms with Crippen LogP contribution >= 0.6 is 0 Å². The Balaban J connectivity index is 2.39. The third-order valence-corrected chi connectivity index (χ3v) is 3.00. The van der Waals surface area contributed by atoms with Gasteiger partial charge in [0, 0.05) is 13.0 Å². The lowest BCUT2D eigenvalue weighted by Gasteiger charge is -2.32. The van der Waals surface area contributed by atoms with Crippen molar-refractivity contribution in [3.05, 3.63) is 0 Å². The Kier molecular flexibility index (Phi) is 5.62. The zero-order valence-electron chi connectivity index (χ0n) is 10.9. The maximum absolute atomic E-state index is 12.0. The molecule has 0 saturated carbocycles. The molecule has 1 heterocycles. The SMILES string of the molecule is CCCC1NC(=O)CN(CCCCC(F)(F)F)C1=O. The molecule has 7 heteroatoms. The van der Waals surface area contributed by atoms with Crippen LogP contribution in [0.15, 0.2) is 0 Å². The summed E-state index contributed by atoms with van der Waals surface area (Å²) in [6.45, 7) is 2.06. The lowest BCUT2D eigenvalue weighted by Crippen LogP contribution is -2.58. The molecule has 0 aromatic rings. The molecular weight excluding hydrogens is 261 g/mol. The van der Waals surface area contributed by atoms with Gasteiger partial charge in [0.2, 0.25) is 11.8 Å². The van der Waals surface area contributed by atoms with Crippen LogP contribution in [0, 0.1) is 0 Å². The summed E-state index contributed by atoms with van der Waals surface area (Å²) in [7, 11) is 0. The molecule has 2 amide bonds. The van der Waals surface area contributed by atoms with Gasteiger partial charge < -0.3 is 10.2 Å². The van der Waals surface area contributed by atoms with Crippen molar-refractivity contribution >= 4 is 11.8 Å². The molecule has 110 valence electrons. The molecule has 0 aromatic carbocycles. The summed E-state index contributed by atoms with van der Waals surface area (Å²) in [6, 6.07) is -0.520. The van der Waals surface area contributed by atoms with Gasteiger partial charge in [-0.3, -0.25) is 9.59 Å². The number of hydrogen-bond donors (Lipinski definition) is 1. The smallest absolute Gasteiger partial charge is 0.343 e. The lowest BCUT2D eigenvalue weighted by atomic mass is 10.1. The van der Waals surface area contributed by atoms with Crippen molar-refractivity contribution in [2.24, 2.45) is 0 Å². The lowest BCUT2D eigenvalue weighted by molar-refractivity contribution is -0.145. The van der Waals surface area contributed by atoms with Gasteiger partial charge >= 0.3 is 6.18 Å². The van der Waals surface area contributed by atoms with E-state index in [0.29, 0.717) is 6.42 Å². The number of carbonyl (C=O) groups excluding carboxylic acids is 2. The van der Waals surface area contributed by atoms with E-state index < -0.39 is 18.6 Å². The van der Waals surface area contributed by atoms with Crippen LogP contribution in [0.2, 0.25) is 0 Å². The van der Waals surface area contributed by atoms with Crippen LogP contribution in [0.4, 0.5) is 13.2 Å². The molecule has 0 radical (unpaired) electrons. The minimum absolute atomic E-state index is 0.0205. The number of hydrogen-bond acceptors (Lipinski definition) is 2. The molecular formula is C12H19F3N2O2. The average molecular weight is 280 g/mol. The second-order valence-corrected chi connectivity index (χ2v) is 4.74. The van der Waals surface area contributed by atoms with Crippen molar-refractivity contribution in [1.29, 1.82) is 0 Å². The highest BCUT2D eigenvalue weighted by atomic mass is 19.4. The number of alkyl halides is 3. The minimum atomic E-state index is -4.16. The summed E-state index contributed by atoms with van der Waals surface area (Å²) in [5.74, 6) is -0.428. The van der Waals surface area contributed by atoms with Crippen LogP contribution in [0.5, 0.6) is 0 Å². The van der Waals surface area contributed by atoms with E-state index in [1.54, 1.807) is 0 Å². The number of nitrogens with zero attached hydrogens (tertiary/aromatic N) is 1. The van der Waals surface area contributed by atoms with Gasteiger partial charge in [0.05, 0.1) is 6.54 Å². The summed E-state index contributed by atoms with van der Waals surface area (Å²) < 4.78 is 35.9. The second kappa shape index (κ2) is 6.77. The molecule has 1 aliphatic rings. The minimum Gasteiger partial charge on any atom is -0.343 e. The van der Waals surface area contributed by atoms with Crippen molar-refractivity contribution in [2.45, 2.75) is 51.2 Å². The van der Waals surface area contributed by atoms with Crippen LogP contribution < -0.4 is 5.32 Å². The van der Waals surface area contributed by atoms with Crippen molar-refractivity contribution in [2.75, 3.05) is 13.1 Å². The zero-order valence-corrected chi connectivity index (χ0v) is 10.9. The first kappa shape index (κ1) is 15.8. The number of amides is 2. The van der Waals surface area contributed by atoms with Crippen LogP contribution in [-0.4, -0.2) is 42.0 Å². The number of carbonyl (C=O) groups is 2. The molecule has 1 unspecified atom stereocenters. The number of halogens is 3. The number of rotatable bonds is 6. The van der Waals surface area contributed by atoms with E-state index >= 15 is 0 Å². The first-order valence-electron chi connectivity index (χ1n) is 6.48. The van der Waals surface area contributed by atoms with Gasteiger partial charge in [0.15, 0.2) is 0 Å². The van der Waals surface area contributed by atoms with Crippen molar-refractivity contribution in [3.8, 4) is 0 Å². The Bertz CT molecular complexity index is 331. The van der Waals surface area contributed by atoms with E-state index in [9.17, 15) is 22.8 Å². The van der Waals surface area contributed by atoms with Gasteiger partial charge in [-0.05, 0) is 19.3 Å². The van der Waals surface area contributed by atoms with Crippen LogP contribution in [-0.2, 0) is 9.59 Å². The summed E-state index contributed by atoms with van der Waals surface area (Å²) in [5.41, 5.74) is 0. The first-order valence-corrected chi connectivity index (χ1v) is 6.48. The highest BCUT2D eigenvalue weighted by Crippen LogP contribution is 2.22. The van der Waals surface area contributed by atoms with Crippen molar-refractivity contribution in [3.63, 3.8) is 0 Å². The fraction of sp³-hybridized carbons (Fsp3) is 0.833. The molecule has 1 saturated heterocycles. The largest absolute Gasteiger partial charge is 0.389 e. The summed E-state index contributed by atoms with van der Waals surface area (Å²) >= 11 is 0. The van der Waals surface area contributed by atoms with Crippen molar-refractivity contribution in [1.82, 2.24) is 10.2 Å². The number of nitrogens with one attached hydrogen (secondary N) is 1. The van der Waals surface area contributed by atoms with E-state index in [1.807, 2.05) is 6.92 Å². The molecule has 1 fully saturated rings. The Labute approximate surface area is 110 Å². The van der Waals surface area contributed by atoms with Gasteiger partial charge in [-0.15, -0.1) is 0 Å². The molecule has 19 heavy (non-hydrogen) atoms. The standard InChI is InChI=1S/C12H19F3N2O2/c1-2-5-9-11(19)17(8-10(18)16-9)7-4-3-6-12(13,14)15/h9H,2-8H2,1H3,(H,16,18). The van der Waals surface area contributed by atoms with Crippen LogP contribution in [0.3, 0.4) is 0 Å². The predicted molar refractivity (Wildman–Crippen MR) is 63.3 cm³/mol. The fourth-order valence-corrected chi connectivity index (χ4v) is 2.08. The van der Waals surface area contributed by atoms with E-state index in [2.05, 4.69) is 5.32 Å². The molecule has 0 spiro atoms. The Morgan fingerprint density at radius 3 is 2.58 bits per heavy atom. The Hall–Kier alpha value is -1.27. The monoisotopic (exact) mass is 280 g/mol. The highest BCUT2D eigenvalue weighted by Gasteiger charge is 2.32. The molecule has 1 N–H and O–H groups in total. The van der Waals surface area contributed by atoms with Gasteiger partial charge in [-0.2, -0.15) is 13.2 Å². The molecule has 0 aliphatic carbocycles. The molecule has 0 bridgehead atoms. The van der Waals surface area contributed by atoms with Gasteiger partial charge in [-0.1, -0.05) is 13.3 Å². The quantitative estimate of drug-likeness (QED) is 0.755. The zero-order chi connectivity index (χ0) is 14.5. The van der Waals surface area contributed by atoms with E-state index in [-0.39, 0.29) is 37.7 Å². The van der Waals surface area contributed by atoms with Crippen molar-refractivity contribution < 1.29 is 22.8 Å². The third kappa shape index (κ3) is 5.48. The first-order chi connectivity index (χ1) is 8.83. The molecule has 4 nitrogen and oxygen atoms in total. The second-order valence-electron chi connectivity index (χ2n) is 4.74. The Morgan fingerprint density at radius 1 is 1.32 bits per heavy atom. The molecule has 1 rings (SSSR count). The maximum atomic E-state index is 12.0. The average Bonchev–Trinajstić information content (AvgIpc) is 2.29. The topological polar surface area (TPSA) is 49.4 Å². The molecule has 1 atom stereocenters. The van der Waals surface area contributed by atoms with E-state index in [1.165, 1.54) is 4.90 Å². The summed E-state index contributed by atoms with van der Waals surface area (Å²) in [6.07, 6.45) is -3.44. The molecule has 0 aromatic heterocycles. The van der Waals surface area contributed by atoms with Crippen LogP contribution in [0.25, 0.3) is 0 Å². The van der Waals surface area contributed by atoms with Gasteiger partial charge in [0.1, 0.15) is 6.04 Å². The summed E-state index contributed by atoms with van der Waals surface area (Å²) in [4.78, 5) is 24.7.